The summed E-state index contributed by atoms with van der Waals surface area (Å²) in [4.78, 5) is 8.95. The largest absolute Gasteiger partial charge is 0.337 e. The minimum Gasteiger partial charge on any atom is -0.337 e. The van der Waals surface area contributed by atoms with E-state index in [2.05, 4.69) is 15.1 Å². The second-order valence-electron chi connectivity index (χ2n) is 7.07. The summed E-state index contributed by atoms with van der Waals surface area (Å²) in [5.41, 5.74) is 1.21. The summed E-state index contributed by atoms with van der Waals surface area (Å²) in [5.74, 6) is 0.687. The number of para-hydroxylation sites is 1. The van der Waals surface area contributed by atoms with Crippen LogP contribution in [0.3, 0.4) is 0 Å². The minimum atomic E-state index is -3.80. The lowest BCUT2D eigenvalue weighted by atomic mass is 10.2. The molecule has 9 heteroatoms. The summed E-state index contributed by atoms with van der Waals surface area (Å²) in [6, 6.07) is 15.4. The monoisotopic (exact) mass is 440 g/mol. The van der Waals surface area contributed by atoms with E-state index in [4.69, 9.17) is 16.1 Å². The summed E-state index contributed by atoms with van der Waals surface area (Å²) in [6.07, 6.45) is 2.92. The Bertz CT molecular complexity index is 1320. The molecule has 1 saturated heterocycles. The Morgan fingerprint density at radius 1 is 1.07 bits per heavy atom. The van der Waals surface area contributed by atoms with Crippen molar-refractivity contribution in [3.8, 4) is 11.4 Å². The van der Waals surface area contributed by atoms with E-state index in [0.717, 1.165) is 10.9 Å². The molecule has 1 aliphatic heterocycles. The van der Waals surface area contributed by atoms with Gasteiger partial charge in [-0.15, -0.1) is 0 Å². The first-order valence-corrected chi connectivity index (χ1v) is 11.3. The summed E-state index contributed by atoms with van der Waals surface area (Å²) >= 11 is 5.93. The van der Waals surface area contributed by atoms with Gasteiger partial charge in [-0.2, -0.15) is 9.29 Å². The zero-order chi connectivity index (χ0) is 20.7. The number of nitrogens with zero attached hydrogens (tertiary/aromatic N) is 4. The number of hydrogen-bond acceptors (Lipinski definition) is 6. The molecule has 2 aromatic carbocycles. The average Bonchev–Trinajstić information content (AvgIpc) is 3.44. The second-order valence-corrected chi connectivity index (χ2v) is 9.36. The molecule has 1 unspecified atom stereocenters. The molecule has 3 heterocycles. The van der Waals surface area contributed by atoms with Crippen molar-refractivity contribution in [2.45, 2.75) is 23.8 Å². The van der Waals surface area contributed by atoms with E-state index in [1.54, 1.807) is 48.7 Å². The van der Waals surface area contributed by atoms with Gasteiger partial charge in [-0.3, -0.25) is 4.98 Å². The molecule has 2 aromatic heterocycles. The number of hydrogen-bond donors (Lipinski definition) is 0. The molecule has 0 amide bonds. The lowest BCUT2D eigenvalue weighted by Crippen LogP contribution is -2.31. The highest BCUT2D eigenvalue weighted by Crippen LogP contribution is 2.37. The van der Waals surface area contributed by atoms with Crippen LogP contribution in [0.1, 0.15) is 24.8 Å². The van der Waals surface area contributed by atoms with Crippen LogP contribution in [0.4, 0.5) is 0 Å². The van der Waals surface area contributed by atoms with E-state index < -0.39 is 16.1 Å². The average molecular weight is 441 g/mol. The predicted molar refractivity (Wildman–Crippen MR) is 112 cm³/mol. The number of aromatic nitrogens is 3. The molecule has 0 aliphatic carbocycles. The van der Waals surface area contributed by atoms with E-state index in [0.29, 0.717) is 35.8 Å². The van der Waals surface area contributed by atoms with Gasteiger partial charge >= 0.3 is 0 Å². The molecule has 152 valence electrons. The van der Waals surface area contributed by atoms with Gasteiger partial charge < -0.3 is 4.52 Å². The summed E-state index contributed by atoms with van der Waals surface area (Å²) in [7, 11) is -3.80. The highest BCUT2D eigenvalue weighted by molar-refractivity contribution is 7.89. The first-order chi connectivity index (χ1) is 14.5. The number of benzene rings is 2. The highest BCUT2D eigenvalue weighted by Gasteiger charge is 2.40. The van der Waals surface area contributed by atoms with Crippen LogP contribution in [-0.4, -0.2) is 34.4 Å². The first kappa shape index (κ1) is 19.2. The smallest absolute Gasteiger partial charge is 0.245 e. The van der Waals surface area contributed by atoms with Crippen LogP contribution in [0.5, 0.6) is 0 Å². The fourth-order valence-electron chi connectivity index (χ4n) is 3.77. The number of rotatable bonds is 4. The zero-order valence-corrected chi connectivity index (χ0v) is 17.3. The van der Waals surface area contributed by atoms with Crippen molar-refractivity contribution in [1.82, 2.24) is 19.4 Å². The fourth-order valence-corrected chi connectivity index (χ4v) is 5.72. The van der Waals surface area contributed by atoms with Crippen molar-refractivity contribution in [2.24, 2.45) is 0 Å². The number of sulfonamides is 1. The number of halogens is 1. The summed E-state index contributed by atoms with van der Waals surface area (Å²) < 4.78 is 34.0. The van der Waals surface area contributed by atoms with Crippen LogP contribution >= 0.6 is 11.6 Å². The van der Waals surface area contributed by atoms with Gasteiger partial charge in [-0.05, 0) is 49.2 Å². The van der Waals surface area contributed by atoms with Gasteiger partial charge in [-0.25, -0.2) is 8.42 Å². The van der Waals surface area contributed by atoms with E-state index in [-0.39, 0.29) is 10.8 Å². The third kappa shape index (κ3) is 3.27. The standard InChI is InChI=1S/C21H17ClN4O3S/c22-16-10-8-15(9-11-16)20-24-21(29-25-20)17-6-3-13-26(17)30(27,28)18-7-1-4-14-5-2-12-23-19(14)18/h1-2,4-5,7-12,17H,3,6,13H2. The Balaban J connectivity index is 1.51. The van der Waals surface area contributed by atoms with Crippen molar-refractivity contribution < 1.29 is 12.9 Å². The van der Waals surface area contributed by atoms with Gasteiger partial charge in [0.05, 0.1) is 5.52 Å². The number of pyridine rings is 1. The molecule has 0 radical (unpaired) electrons. The SMILES string of the molecule is O=S(=O)(c1cccc2cccnc12)N1CCCC1c1nc(-c2ccc(Cl)cc2)no1. The molecule has 0 spiro atoms. The second kappa shape index (κ2) is 7.46. The third-order valence-electron chi connectivity index (χ3n) is 5.22. The maximum Gasteiger partial charge on any atom is 0.245 e. The summed E-state index contributed by atoms with van der Waals surface area (Å²) in [5, 5.41) is 5.42. The zero-order valence-electron chi connectivity index (χ0n) is 15.8. The van der Waals surface area contributed by atoms with E-state index in [1.165, 1.54) is 4.31 Å². The summed E-state index contributed by atoms with van der Waals surface area (Å²) in [6.45, 7) is 0.384. The molecule has 5 rings (SSSR count). The van der Waals surface area contributed by atoms with E-state index in [1.807, 2.05) is 12.1 Å². The lowest BCUT2D eigenvalue weighted by Gasteiger charge is -2.21. The molecule has 0 bridgehead atoms. The Morgan fingerprint density at radius 3 is 2.70 bits per heavy atom. The number of fused-ring (bicyclic) bond motifs is 1. The Hall–Kier alpha value is -2.81. The fraction of sp³-hybridized carbons (Fsp3) is 0.190. The van der Waals surface area contributed by atoms with Crippen LogP contribution in [0.2, 0.25) is 5.02 Å². The molecular formula is C21H17ClN4O3S. The molecule has 4 aromatic rings. The van der Waals surface area contributed by atoms with Crippen molar-refractivity contribution in [3.63, 3.8) is 0 Å². The van der Waals surface area contributed by atoms with Crippen molar-refractivity contribution in [2.75, 3.05) is 6.54 Å². The highest BCUT2D eigenvalue weighted by atomic mass is 35.5. The minimum absolute atomic E-state index is 0.185. The maximum atomic E-state index is 13.5. The molecule has 7 nitrogen and oxygen atoms in total. The quantitative estimate of drug-likeness (QED) is 0.465. The van der Waals surface area contributed by atoms with Crippen molar-refractivity contribution in [1.29, 1.82) is 0 Å². The normalized spacial score (nSPS) is 17.6. The predicted octanol–water partition coefficient (Wildman–Crippen LogP) is 4.46. The van der Waals surface area contributed by atoms with Crippen LogP contribution in [0.15, 0.2) is 70.2 Å². The maximum absolute atomic E-state index is 13.5. The van der Waals surface area contributed by atoms with Gasteiger partial charge in [0.1, 0.15) is 10.9 Å². The Kier molecular flexibility index (Phi) is 4.77. The van der Waals surface area contributed by atoms with Gasteiger partial charge in [0.25, 0.3) is 0 Å². The topological polar surface area (TPSA) is 89.2 Å². The van der Waals surface area contributed by atoms with Gasteiger partial charge in [0.2, 0.25) is 21.7 Å². The first-order valence-electron chi connectivity index (χ1n) is 9.49. The molecule has 0 saturated carbocycles. The molecule has 0 N–H and O–H groups in total. The van der Waals surface area contributed by atoms with Gasteiger partial charge in [0.15, 0.2) is 0 Å². The molecule has 1 fully saturated rings. The Labute approximate surface area is 178 Å². The Morgan fingerprint density at radius 2 is 1.87 bits per heavy atom. The molecule has 1 aliphatic rings. The van der Waals surface area contributed by atoms with E-state index in [9.17, 15) is 8.42 Å². The molecule has 30 heavy (non-hydrogen) atoms. The van der Waals surface area contributed by atoms with Crippen LogP contribution in [0.25, 0.3) is 22.3 Å². The molecular weight excluding hydrogens is 424 g/mol. The molecule has 1 atom stereocenters. The van der Waals surface area contributed by atoms with Crippen molar-refractivity contribution >= 4 is 32.5 Å². The lowest BCUT2D eigenvalue weighted by molar-refractivity contribution is 0.291. The van der Waals surface area contributed by atoms with Crippen LogP contribution in [0, 0.1) is 0 Å². The third-order valence-corrected chi connectivity index (χ3v) is 7.41. The van der Waals surface area contributed by atoms with Crippen molar-refractivity contribution in [3.05, 3.63) is 71.7 Å². The van der Waals surface area contributed by atoms with Crippen LogP contribution < -0.4 is 0 Å². The van der Waals surface area contributed by atoms with E-state index >= 15 is 0 Å². The van der Waals surface area contributed by atoms with Gasteiger partial charge in [0, 0.05) is 28.7 Å². The van der Waals surface area contributed by atoms with Crippen LogP contribution in [-0.2, 0) is 10.0 Å². The van der Waals surface area contributed by atoms with Gasteiger partial charge in [-0.1, -0.05) is 35.0 Å².